The van der Waals surface area contributed by atoms with Crippen molar-refractivity contribution in [1.29, 1.82) is 0 Å². The molecule has 1 amide bonds. The zero-order valence-electron chi connectivity index (χ0n) is 16.2. The van der Waals surface area contributed by atoms with E-state index in [-0.39, 0.29) is 11.4 Å². The molecule has 1 N–H and O–H groups in total. The maximum Gasteiger partial charge on any atom is 0.224 e. The van der Waals surface area contributed by atoms with Crippen molar-refractivity contribution in [2.24, 2.45) is 0 Å². The average Bonchev–Trinajstić information content (AvgIpc) is 2.69. The van der Waals surface area contributed by atoms with Gasteiger partial charge in [-0.3, -0.25) is 4.79 Å². The Balaban J connectivity index is 1.43. The molecule has 0 aliphatic carbocycles. The highest BCUT2D eigenvalue weighted by atomic mass is 16.2. The fourth-order valence-corrected chi connectivity index (χ4v) is 4.32. The van der Waals surface area contributed by atoms with Gasteiger partial charge in [0.2, 0.25) is 5.91 Å². The molecule has 0 unspecified atom stereocenters. The number of anilines is 1. The largest absolute Gasteiger partial charge is 0.379 e. The van der Waals surface area contributed by atoms with Gasteiger partial charge in [-0.15, -0.1) is 0 Å². The molecule has 1 spiro atoms. The molecule has 2 aromatic rings. The Hall–Kier alpha value is -2.33. The Morgan fingerprint density at radius 3 is 2.48 bits per heavy atom. The monoisotopic (exact) mass is 363 g/mol. The minimum absolute atomic E-state index is 0.120. The first-order valence-corrected chi connectivity index (χ1v) is 10.00. The summed E-state index contributed by atoms with van der Waals surface area (Å²) in [6.07, 6.45) is 3.70. The van der Waals surface area contributed by atoms with Gasteiger partial charge in [-0.05, 0) is 36.5 Å². The minimum atomic E-state index is -0.120. The molecule has 27 heavy (non-hydrogen) atoms. The van der Waals surface area contributed by atoms with Gasteiger partial charge < -0.3 is 15.1 Å². The number of nitrogens with zero attached hydrogens (tertiary/aromatic N) is 2. The second-order valence-electron chi connectivity index (χ2n) is 8.07. The molecule has 0 saturated carbocycles. The van der Waals surface area contributed by atoms with Gasteiger partial charge in [0.05, 0.1) is 0 Å². The van der Waals surface area contributed by atoms with E-state index in [9.17, 15) is 4.79 Å². The normalized spacial score (nSPS) is 19.9. The molecule has 2 aromatic carbocycles. The Morgan fingerprint density at radius 2 is 1.70 bits per heavy atom. The maximum absolute atomic E-state index is 12.7. The number of fused-ring (bicyclic) bond motifs is 1. The SMILES string of the molecule is CN1Cc2ccccc2NC2(CCN(CCc3ccccc3)CC2)CC1=O. The van der Waals surface area contributed by atoms with E-state index in [1.807, 2.05) is 11.9 Å². The minimum Gasteiger partial charge on any atom is -0.379 e. The van der Waals surface area contributed by atoms with Crippen LogP contribution >= 0.6 is 0 Å². The topological polar surface area (TPSA) is 35.6 Å². The average molecular weight is 364 g/mol. The summed E-state index contributed by atoms with van der Waals surface area (Å²) in [4.78, 5) is 17.1. The Labute approximate surface area is 162 Å². The van der Waals surface area contributed by atoms with Gasteiger partial charge in [0, 0.05) is 50.9 Å². The Kier molecular flexibility index (Phi) is 5.17. The number of hydrogen-bond acceptors (Lipinski definition) is 3. The lowest BCUT2D eigenvalue weighted by Gasteiger charge is -2.45. The molecule has 2 aliphatic rings. The lowest BCUT2D eigenvalue weighted by molar-refractivity contribution is -0.132. The van der Waals surface area contributed by atoms with Gasteiger partial charge >= 0.3 is 0 Å². The van der Waals surface area contributed by atoms with Crippen LogP contribution in [0.3, 0.4) is 0 Å². The second kappa shape index (κ2) is 7.73. The molecule has 4 heteroatoms. The molecule has 2 heterocycles. The number of para-hydroxylation sites is 1. The highest BCUT2D eigenvalue weighted by molar-refractivity contribution is 5.79. The van der Waals surface area contributed by atoms with Crippen molar-refractivity contribution in [3.05, 3.63) is 65.7 Å². The molecule has 0 radical (unpaired) electrons. The first kappa shape index (κ1) is 18.1. The van der Waals surface area contributed by atoms with Crippen molar-refractivity contribution < 1.29 is 4.79 Å². The highest BCUT2D eigenvalue weighted by Gasteiger charge is 2.38. The number of benzene rings is 2. The molecule has 4 rings (SSSR count). The molecule has 4 nitrogen and oxygen atoms in total. The summed E-state index contributed by atoms with van der Waals surface area (Å²) < 4.78 is 0. The molecule has 0 atom stereocenters. The number of carbonyl (C=O) groups excluding carboxylic acids is 1. The summed E-state index contributed by atoms with van der Waals surface area (Å²) in [5.41, 5.74) is 3.67. The number of nitrogens with one attached hydrogen (secondary N) is 1. The number of hydrogen-bond donors (Lipinski definition) is 1. The second-order valence-corrected chi connectivity index (χ2v) is 8.07. The molecule has 2 aliphatic heterocycles. The molecule has 0 aromatic heterocycles. The quantitative estimate of drug-likeness (QED) is 0.906. The van der Waals surface area contributed by atoms with Gasteiger partial charge in [-0.25, -0.2) is 0 Å². The third kappa shape index (κ3) is 4.16. The van der Waals surface area contributed by atoms with Crippen LogP contribution in [-0.2, 0) is 17.8 Å². The van der Waals surface area contributed by atoms with Crippen molar-refractivity contribution >= 4 is 11.6 Å². The fourth-order valence-electron chi connectivity index (χ4n) is 4.32. The van der Waals surface area contributed by atoms with Crippen LogP contribution in [0.2, 0.25) is 0 Å². The van der Waals surface area contributed by atoms with Crippen LogP contribution in [0.15, 0.2) is 54.6 Å². The van der Waals surface area contributed by atoms with Gasteiger partial charge in [-0.2, -0.15) is 0 Å². The summed E-state index contributed by atoms with van der Waals surface area (Å²) in [5.74, 6) is 0.245. The lowest BCUT2D eigenvalue weighted by Crippen LogP contribution is -2.53. The summed E-state index contributed by atoms with van der Waals surface area (Å²) >= 11 is 0. The van der Waals surface area contributed by atoms with Crippen LogP contribution in [0.5, 0.6) is 0 Å². The lowest BCUT2D eigenvalue weighted by atomic mass is 9.82. The van der Waals surface area contributed by atoms with E-state index in [0.717, 1.165) is 38.9 Å². The van der Waals surface area contributed by atoms with Crippen molar-refractivity contribution in [3.8, 4) is 0 Å². The van der Waals surface area contributed by atoms with E-state index >= 15 is 0 Å². The van der Waals surface area contributed by atoms with Crippen molar-refractivity contribution in [2.75, 3.05) is 32.0 Å². The Bertz CT molecular complexity index is 781. The van der Waals surface area contributed by atoms with E-state index in [1.54, 1.807) is 0 Å². The van der Waals surface area contributed by atoms with Gasteiger partial charge in [0.15, 0.2) is 0 Å². The summed E-state index contributed by atoms with van der Waals surface area (Å²) in [5, 5.41) is 3.79. The van der Waals surface area contributed by atoms with Crippen molar-refractivity contribution in [3.63, 3.8) is 0 Å². The molecular formula is C23H29N3O. The number of carbonyl (C=O) groups is 1. The maximum atomic E-state index is 12.7. The van der Waals surface area contributed by atoms with Crippen LogP contribution < -0.4 is 5.32 Å². The zero-order valence-corrected chi connectivity index (χ0v) is 16.2. The first-order valence-electron chi connectivity index (χ1n) is 10.00. The molecule has 142 valence electrons. The van der Waals surface area contributed by atoms with E-state index in [4.69, 9.17) is 0 Å². The van der Waals surface area contributed by atoms with Gasteiger partial charge in [-0.1, -0.05) is 48.5 Å². The van der Waals surface area contributed by atoms with Crippen molar-refractivity contribution in [2.45, 2.75) is 37.8 Å². The highest BCUT2D eigenvalue weighted by Crippen LogP contribution is 2.34. The first-order chi connectivity index (χ1) is 13.1. The molecule has 1 fully saturated rings. The van der Waals surface area contributed by atoms with E-state index in [0.29, 0.717) is 13.0 Å². The molecular weight excluding hydrogens is 334 g/mol. The predicted octanol–water partition coefficient (Wildman–Crippen LogP) is 3.54. The van der Waals surface area contributed by atoms with Gasteiger partial charge in [0.1, 0.15) is 0 Å². The van der Waals surface area contributed by atoms with Gasteiger partial charge in [0.25, 0.3) is 0 Å². The Morgan fingerprint density at radius 1 is 1.00 bits per heavy atom. The zero-order chi connectivity index (χ0) is 18.7. The number of rotatable bonds is 3. The number of likely N-dealkylation sites (tertiary alicyclic amines) is 1. The predicted molar refractivity (Wildman–Crippen MR) is 110 cm³/mol. The standard InChI is InChI=1S/C23H29N3O/c1-25-18-20-9-5-6-10-21(20)24-23(17-22(25)27)12-15-26(16-13-23)14-11-19-7-3-2-4-8-19/h2-10,24H,11-18H2,1H3. The van der Waals surface area contributed by atoms with Crippen LogP contribution in [0, 0.1) is 0 Å². The van der Waals surface area contributed by atoms with Crippen molar-refractivity contribution in [1.82, 2.24) is 9.80 Å². The van der Waals surface area contributed by atoms with Crippen LogP contribution in [0.25, 0.3) is 0 Å². The molecule has 1 saturated heterocycles. The van der Waals surface area contributed by atoms with Crippen LogP contribution in [-0.4, -0.2) is 47.9 Å². The summed E-state index contributed by atoms with van der Waals surface area (Å²) in [6.45, 7) is 3.85. The van der Waals surface area contributed by atoms with Crippen LogP contribution in [0.1, 0.15) is 30.4 Å². The fraction of sp³-hybridized carbons (Fsp3) is 0.435. The summed E-state index contributed by atoms with van der Waals surface area (Å²) in [6, 6.07) is 19.1. The van der Waals surface area contributed by atoms with E-state index in [2.05, 4.69) is 64.8 Å². The van der Waals surface area contributed by atoms with E-state index < -0.39 is 0 Å². The number of amides is 1. The van der Waals surface area contributed by atoms with E-state index in [1.165, 1.54) is 16.8 Å². The molecule has 0 bridgehead atoms. The smallest absolute Gasteiger partial charge is 0.224 e. The number of piperidine rings is 1. The summed E-state index contributed by atoms with van der Waals surface area (Å²) in [7, 11) is 1.92. The third-order valence-corrected chi connectivity index (χ3v) is 6.11. The third-order valence-electron chi connectivity index (χ3n) is 6.11. The van der Waals surface area contributed by atoms with Crippen LogP contribution in [0.4, 0.5) is 5.69 Å².